The number of ether oxygens (including phenoxy) is 2. The van der Waals surface area contributed by atoms with Crippen LogP contribution >= 0.6 is 0 Å². The zero-order valence-corrected chi connectivity index (χ0v) is 11.1. The number of hydrogen-bond donors (Lipinski definition) is 0. The van der Waals surface area contributed by atoms with Gasteiger partial charge in [0.15, 0.2) is 0 Å². The Morgan fingerprint density at radius 3 is 2.60 bits per heavy atom. The van der Waals surface area contributed by atoms with Crippen LogP contribution in [0.1, 0.15) is 19.4 Å². The van der Waals surface area contributed by atoms with Crippen molar-refractivity contribution in [1.29, 1.82) is 0 Å². The van der Waals surface area contributed by atoms with E-state index in [2.05, 4.69) is 0 Å². The molecule has 2 rings (SSSR count). The highest BCUT2D eigenvalue weighted by Crippen LogP contribution is 2.48. The molecule has 0 radical (unpaired) electrons. The fourth-order valence-corrected chi connectivity index (χ4v) is 1.98. The first-order valence-electron chi connectivity index (χ1n) is 6.16. The molecule has 0 spiro atoms. The molecule has 108 valence electrons. The lowest BCUT2D eigenvalue weighted by molar-refractivity contribution is -0.396. The highest BCUT2D eigenvalue weighted by atomic mass is 16.6. The maximum absolute atomic E-state index is 11.2. The number of nitro groups is 2. The van der Waals surface area contributed by atoms with E-state index in [1.807, 2.05) is 13.8 Å². The molecule has 20 heavy (non-hydrogen) atoms. The first-order chi connectivity index (χ1) is 9.41. The van der Waals surface area contributed by atoms with E-state index in [1.54, 1.807) is 0 Å². The van der Waals surface area contributed by atoms with Crippen LogP contribution < -0.4 is 9.47 Å². The Labute approximate surface area is 114 Å². The van der Waals surface area contributed by atoms with Gasteiger partial charge in [-0.15, -0.1) is 0 Å². The summed E-state index contributed by atoms with van der Waals surface area (Å²) in [6.45, 7) is 4.13. The van der Waals surface area contributed by atoms with Crippen LogP contribution in [0.5, 0.6) is 11.5 Å². The second-order valence-corrected chi connectivity index (χ2v) is 4.88. The van der Waals surface area contributed by atoms with E-state index >= 15 is 0 Å². The lowest BCUT2D eigenvalue weighted by Crippen LogP contribution is -2.09. The van der Waals surface area contributed by atoms with Crippen LogP contribution in [-0.4, -0.2) is 23.1 Å². The van der Waals surface area contributed by atoms with Gasteiger partial charge in [-0.3, -0.25) is 20.2 Å². The molecule has 0 N–H and O–H groups in total. The molecule has 1 heterocycles. The molecule has 8 nitrogen and oxygen atoms in total. The third-order valence-electron chi connectivity index (χ3n) is 2.82. The molecule has 1 aliphatic heterocycles. The van der Waals surface area contributed by atoms with Crippen molar-refractivity contribution < 1.29 is 19.3 Å². The van der Waals surface area contributed by atoms with E-state index in [0.29, 0.717) is 12.0 Å². The first-order valence-corrected chi connectivity index (χ1v) is 6.16. The van der Waals surface area contributed by atoms with Gasteiger partial charge in [-0.25, -0.2) is 0 Å². The van der Waals surface area contributed by atoms with E-state index in [-0.39, 0.29) is 36.3 Å². The molecule has 0 saturated carbocycles. The topological polar surface area (TPSA) is 105 Å². The maximum Gasteiger partial charge on any atom is 0.359 e. The number of nitrogens with zero attached hydrogens (tertiary/aromatic N) is 2. The summed E-state index contributed by atoms with van der Waals surface area (Å²) >= 11 is 0. The van der Waals surface area contributed by atoms with Gasteiger partial charge in [-0.2, -0.15) is 0 Å². The maximum atomic E-state index is 11.2. The molecule has 0 atom stereocenters. The molecule has 0 amide bonds. The van der Waals surface area contributed by atoms with Crippen LogP contribution in [0.2, 0.25) is 0 Å². The minimum Gasteiger partial charge on any atom is -0.486 e. The van der Waals surface area contributed by atoms with Crippen molar-refractivity contribution in [3.05, 3.63) is 31.9 Å². The van der Waals surface area contributed by atoms with Crippen molar-refractivity contribution in [2.24, 2.45) is 5.92 Å². The van der Waals surface area contributed by atoms with Crippen molar-refractivity contribution in [2.75, 3.05) is 13.2 Å². The van der Waals surface area contributed by atoms with E-state index < -0.39 is 15.5 Å². The van der Waals surface area contributed by atoms with Crippen molar-refractivity contribution in [3.63, 3.8) is 0 Å². The molecule has 1 aliphatic rings. The third kappa shape index (κ3) is 2.49. The first kappa shape index (κ1) is 14.0. The van der Waals surface area contributed by atoms with Crippen LogP contribution in [0, 0.1) is 26.1 Å². The number of rotatable bonds is 5. The van der Waals surface area contributed by atoms with Gasteiger partial charge < -0.3 is 9.47 Å². The summed E-state index contributed by atoms with van der Waals surface area (Å²) in [4.78, 5) is 21.0. The van der Waals surface area contributed by atoms with Gasteiger partial charge in [0.2, 0.25) is 5.75 Å². The van der Waals surface area contributed by atoms with Gasteiger partial charge in [-0.05, 0) is 5.92 Å². The Morgan fingerprint density at radius 2 is 2.05 bits per heavy atom. The second kappa shape index (κ2) is 5.32. The largest absolute Gasteiger partial charge is 0.486 e. The molecule has 0 fully saturated rings. The summed E-state index contributed by atoms with van der Waals surface area (Å²) in [6, 6.07) is 1.30. The summed E-state index contributed by atoms with van der Waals surface area (Å²) < 4.78 is 10.5. The van der Waals surface area contributed by atoms with E-state index in [1.165, 1.54) is 6.07 Å². The molecular formula is C12H14N2O6. The predicted octanol–water partition coefficient (Wildman–Crippen LogP) is 2.47. The minimum atomic E-state index is -0.688. The summed E-state index contributed by atoms with van der Waals surface area (Å²) in [5, 5.41) is 22.3. The van der Waals surface area contributed by atoms with Gasteiger partial charge >= 0.3 is 11.4 Å². The van der Waals surface area contributed by atoms with Gasteiger partial charge in [0, 0.05) is 18.1 Å². The highest BCUT2D eigenvalue weighted by molar-refractivity contribution is 5.71. The molecule has 0 bridgehead atoms. The zero-order valence-electron chi connectivity index (χ0n) is 11.1. The Hall–Kier alpha value is -2.38. The minimum absolute atomic E-state index is 0.0827. The summed E-state index contributed by atoms with van der Waals surface area (Å²) in [5.74, 6) is -0.155. The molecule has 8 heteroatoms. The monoisotopic (exact) mass is 282 g/mol. The fraction of sp³-hybridized carbons (Fsp3) is 0.500. The Bertz CT molecular complexity index is 570. The zero-order chi connectivity index (χ0) is 14.9. The van der Waals surface area contributed by atoms with Gasteiger partial charge in [0.1, 0.15) is 0 Å². The third-order valence-corrected chi connectivity index (χ3v) is 2.82. The molecule has 1 aromatic rings. The second-order valence-electron chi connectivity index (χ2n) is 4.88. The quantitative estimate of drug-likeness (QED) is 0.606. The summed E-state index contributed by atoms with van der Waals surface area (Å²) in [6.07, 6.45) is 0.418. The van der Waals surface area contributed by atoms with Crippen LogP contribution in [0.15, 0.2) is 6.07 Å². The summed E-state index contributed by atoms with van der Waals surface area (Å²) in [7, 11) is 0. The van der Waals surface area contributed by atoms with Crippen molar-refractivity contribution in [3.8, 4) is 11.5 Å². The number of benzene rings is 1. The van der Waals surface area contributed by atoms with Gasteiger partial charge in [0.25, 0.3) is 5.75 Å². The van der Waals surface area contributed by atoms with E-state index in [4.69, 9.17) is 9.47 Å². The molecular weight excluding hydrogens is 268 g/mol. The fourth-order valence-electron chi connectivity index (χ4n) is 1.98. The Balaban J connectivity index is 2.60. The molecule has 0 aliphatic carbocycles. The van der Waals surface area contributed by atoms with Crippen molar-refractivity contribution in [2.45, 2.75) is 20.3 Å². The summed E-state index contributed by atoms with van der Waals surface area (Å²) in [5.41, 5.74) is -0.366. The molecule has 1 aromatic carbocycles. The normalized spacial score (nSPS) is 12.9. The average Bonchev–Trinajstić information content (AvgIpc) is 2.81. The SMILES string of the molecule is CC(C)COc1c([N+](=O)[O-])cc2c(c1[N+](=O)[O-])OCC2. The van der Waals surface area contributed by atoms with Crippen LogP contribution in [0.4, 0.5) is 11.4 Å². The number of fused-ring (bicyclic) bond motifs is 1. The Kier molecular flexibility index (Phi) is 3.73. The average molecular weight is 282 g/mol. The molecule has 0 unspecified atom stereocenters. The predicted molar refractivity (Wildman–Crippen MR) is 69.3 cm³/mol. The molecule has 0 aromatic heterocycles. The van der Waals surface area contributed by atoms with Crippen molar-refractivity contribution >= 4 is 11.4 Å². The highest BCUT2D eigenvalue weighted by Gasteiger charge is 2.37. The number of hydrogen-bond acceptors (Lipinski definition) is 6. The van der Waals surface area contributed by atoms with Crippen LogP contribution in [0.3, 0.4) is 0 Å². The van der Waals surface area contributed by atoms with Crippen LogP contribution in [0.25, 0.3) is 0 Å². The number of nitro benzene ring substituents is 2. The molecule has 0 saturated heterocycles. The lowest BCUT2D eigenvalue weighted by atomic mass is 10.1. The van der Waals surface area contributed by atoms with Crippen molar-refractivity contribution in [1.82, 2.24) is 0 Å². The van der Waals surface area contributed by atoms with Gasteiger partial charge in [0.05, 0.1) is 23.1 Å². The van der Waals surface area contributed by atoms with Gasteiger partial charge in [-0.1, -0.05) is 13.8 Å². The standard InChI is InChI=1S/C12H14N2O6/c1-7(2)6-20-12-9(13(15)16)5-8-3-4-19-11(8)10(12)14(17)18/h5,7H,3-4,6H2,1-2H3. The lowest BCUT2D eigenvalue weighted by Gasteiger charge is -2.11. The Morgan fingerprint density at radius 1 is 1.35 bits per heavy atom. The van der Waals surface area contributed by atoms with Crippen LogP contribution in [-0.2, 0) is 6.42 Å². The van der Waals surface area contributed by atoms with E-state index in [9.17, 15) is 20.2 Å². The van der Waals surface area contributed by atoms with E-state index in [0.717, 1.165) is 0 Å². The smallest absolute Gasteiger partial charge is 0.359 e.